The first-order valence-electron chi connectivity index (χ1n) is 3.05. The Morgan fingerprint density at radius 3 is 2.83 bits per heavy atom. The minimum atomic E-state index is -1.25. The van der Waals surface area contributed by atoms with Crippen LogP contribution >= 0.6 is 0 Å². The molecule has 12 heavy (non-hydrogen) atoms. The SMILES string of the molecule is N#Cc1ccc(N)nc1C(=O)O. The van der Waals surface area contributed by atoms with E-state index >= 15 is 0 Å². The molecule has 0 aliphatic heterocycles. The molecular weight excluding hydrogens is 158 g/mol. The molecule has 3 N–H and O–H groups in total. The van der Waals surface area contributed by atoms with E-state index in [2.05, 4.69) is 4.98 Å². The molecule has 1 aromatic rings. The topological polar surface area (TPSA) is 100 Å². The summed E-state index contributed by atoms with van der Waals surface area (Å²) in [5.74, 6) is -1.16. The minimum Gasteiger partial charge on any atom is -0.476 e. The van der Waals surface area contributed by atoms with Gasteiger partial charge >= 0.3 is 5.97 Å². The first-order chi connectivity index (χ1) is 5.65. The average Bonchev–Trinajstić information content (AvgIpc) is 2.04. The van der Waals surface area contributed by atoms with E-state index in [9.17, 15) is 4.79 Å². The smallest absolute Gasteiger partial charge is 0.355 e. The van der Waals surface area contributed by atoms with E-state index in [1.165, 1.54) is 12.1 Å². The van der Waals surface area contributed by atoms with Gasteiger partial charge in [0.15, 0.2) is 5.69 Å². The fourth-order valence-corrected chi connectivity index (χ4v) is 0.727. The van der Waals surface area contributed by atoms with Gasteiger partial charge in [-0.05, 0) is 12.1 Å². The summed E-state index contributed by atoms with van der Waals surface area (Å²) in [5, 5.41) is 17.0. The van der Waals surface area contributed by atoms with Gasteiger partial charge in [0.2, 0.25) is 0 Å². The van der Waals surface area contributed by atoms with Crippen LogP contribution in [0, 0.1) is 11.3 Å². The zero-order valence-electron chi connectivity index (χ0n) is 5.98. The maximum Gasteiger partial charge on any atom is 0.355 e. The molecule has 0 saturated heterocycles. The van der Waals surface area contributed by atoms with Crippen molar-refractivity contribution in [2.45, 2.75) is 0 Å². The molecule has 0 fully saturated rings. The van der Waals surface area contributed by atoms with Crippen molar-refractivity contribution in [3.05, 3.63) is 23.4 Å². The highest BCUT2D eigenvalue weighted by Gasteiger charge is 2.11. The molecule has 60 valence electrons. The second-order valence-electron chi connectivity index (χ2n) is 2.05. The van der Waals surface area contributed by atoms with Crippen LogP contribution in [0.2, 0.25) is 0 Å². The summed E-state index contributed by atoms with van der Waals surface area (Å²) in [5.41, 5.74) is 4.94. The molecule has 5 heteroatoms. The van der Waals surface area contributed by atoms with Gasteiger partial charge in [-0.3, -0.25) is 0 Å². The highest BCUT2D eigenvalue weighted by Crippen LogP contribution is 2.07. The number of nitrogen functional groups attached to an aromatic ring is 1. The Hall–Kier alpha value is -2.09. The first kappa shape index (κ1) is 8.01. The quantitative estimate of drug-likeness (QED) is 0.617. The van der Waals surface area contributed by atoms with E-state index < -0.39 is 5.97 Å². The van der Waals surface area contributed by atoms with Crippen molar-refractivity contribution in [2.75, 3.05) is 5.73 Å². The van der Waals surface area contributed by atoms with Crippen LogP contribution in [0.3, 0.4) is 0 Å². The van der Waals surface area contributed by atoms with Gasteiger partial charge < -0.3 is 10.8 Å². The highest BCUT2D eigenvalue weighted by molar-refractivity contribution is 5.88. The summed E-state index contributed by atoms with van der Waals surface area (Å²) in [6.45, 7) is 0. The number of pyridine rings is 1. The summed E-state index contributed by atoms with van der Waals surface area (Å²) in [6, 6.07) is 4.41. The second kappa shape index (κ2) is 2.88. The molecule has 0 unspecified atom stereocenters. The Balaban J connectivity index is 3.34. The summed E-state index contributed by atoms with van der Waals surface area (Å²) < 4.78 is 0. The van der Waals surface area contributed by atoms with Crippen LogP contribution in [0.15, 0.2) is 12.1 Å². The van der Waals surface area contributed by atoms with Gasteiger partial charge in [0, 0.05) is 0 Å². The number of anilines is 1. The van der Waals surface area contributed by atoms with Crippen molar-refractivity contribution >= 4 is 11.8 Å². The third kappa shape index (κ3) is 1.32. The van der Waals surface area contributed by atoms with Crippen LogP contribution in [-0.4, -0.2) is 16.1 Å². The normalized spacial score (nSPS) is 8.92. The van der Waals surface area contributed by atoms with Crippen LogP contribution in [0.4, 0.5) is 5.82 Å². The van der Waals surface area contributed by atoms with Crippen molar-refractivity contribution < 1.29 is 9.90 Å². The molecule has 0 aliphatic rings. The van der Waals surface area contributed by atoms with Gasteiger partial charge in [0.05, 0.1) is 5.56 Å². The number of rotatable bonds is 1. The fourth-order valence-electron chi connectivity index (χ4n) is 0.727. The van der Waals surface area contributed by atoms with E-state index in [0.29, 0.717) is 0 Å². The molecule has 0 spiro atoms. The van der Waals surface area contributed by atoms with Gasteiger partial charge in [-0.2, -0.15) is 5.26 Å². The number of hydrogen-bond acceptors (Lipinski definition) is 4. The third-order valence-corrected chi connectivity index (χ3v) is 1.24. The van der Waals surface area contributed by atoms with Crippen molar-refractivity contribution in [3.63, 3.8) is 0 Å². The second-order valence-corrected chi connectivity index (χ2v) is 2.05. The van der Waals surface area contributed by atoms with Crippen LogP contribution < -0.4 is 5.73 Å². The Bertz CT molecular complexity index is 367. The molecule has 1 aromatic heterocycles. The van der Waals surface area contributed by atoms with Crippen molar-refractivity contribution in [1.82, 2.24) is 4.98 Å². The maximum absolute atomic E-state index is 10.5. The summed E-state index contributed by atoms with van der Waals surface area (Å²) >= 11 is 0. The Labute approximate surface area is 68.1 Å². The van der Waals surface area contributed by atoms with Crippen LogP contribution in [0.5, 0.6) is 0 Å². The summed E-state index contributed by atoms with van der Waals surface area (Å²) in [6.07, 6.45) is 0. The lowest BCUT2D eigenvalue weighted by Crippen LogP contribution is -2.05. The van der Waals surface area contributed by atoms with E-state index in [-0.39, 0.29) is 17.1 Å². The van der Waals surface area contributed by atoms with Gasteiger partial charge in [-0.25, -0.2) is 9.78 Å². The molecular formula is C7H5N3O2. The largest absolute Gasteiger partial charge is 0.476 e. The monoisotopic (exact) mass is 163 g/mol. The predicted molar refractivity (Wildman–Crippen MR) is 40.3 cm³/mol. The molecule has 0 atom stereocenters. The summed E-state index contributed by atoms with van der Waals surface area (Å²) in [7, 11) is 0. The Morgan fingerprint density at radius 1 is 1.67 bits per heavy atom. The number of hydrogen-bond donors (Lipinski definition) is 2. The van der Waals surface area contributed by atoms with Crippen LogP contribution in [0.1, 0.15) is 16.1 Å². The number of nitriles is 1. The molecule has 0 saturated carbocycles. The third-order valence-electron chi connectivity index (χ3n) is 1.24. The molecule has 0 bridgehead atoms. The molecule has 5 nitrogen and oxygen atoms in total. The fraction of sp³-hybridized carbons (Fsp3) is 0. The van der Waals surface area contributed by atoms with E-state index in [1.807, 2.05) is 0 Å². The molecule has 0 aliphatic carbocycles. The van der Waals surface area contributed by atoms with Gasteiger partial charge in [0.25, 0.3) is 0 Å². The molecule has 0 radical (unpaired) electrons. The number of carboxylic acids is 1. The number of carboxylic acid groups (broad SMARTS) is 1. The molecule has 0 amide bonds. The van der Waals surface area contributed by atoms with Gasteiger partial charge in [0.1, 0.15) is 11.9 Å². The van der Waals surface area contributed by atoms with E-state index in [0.717, 1.165) is 0 Å². The molecule has 0 aromatic carbocycles. The van der Waals surface area contributed by atoms with Crippen molar-refractivity contribution in [1.29, 1.82) is 5.26 Å². The zero-order valence-corrected chi connectivity index (χ0v) is 5.98. The van der Waals surface area contributed by atoms with Crippen LogP contribution in [-0.2, 0) is 0 Å². The lowest BCUT2D eigenvalue weighted by molar-refractivity contribution is 0.0690. The predicted octanol–water partition coefficient (Wildman–Crippen LogP) is 0.234. The lowest BCUT2D eigenvalue weighted by Gasteiger charge is -1.97. The maximum atomic E-state index is 10.5. The first-order valence-corrected chi connectivity index (χ1v) is 3.05. The van der Waals surface area contributed by atoms with Crippen molar-refractivity contribution in [2.24, 2.45) is 0 Å². The van der Waals surface area contributed by atoms with Crippen molar-refractivity contribution in [3.8, 4) is 6.07 Å². The minimum absolute atomic E-state index is 0.0108. The zero-order chi connectivity index (χ0) is 9.14. The number of aromatic carboxylic acids is 1. The number of aromatic nitrogens is 1. The van der Waals surface area contributed by atoms with E-state index in [4.69, 9.17) is 16.1 Å². The van der Waals surface area contributed by atoms with Gasteiger partial charge in [-0.15, -0.1) is 0 Å². The average molecular weight is 163 g/mol. The standard InChI is InChI=1S/C7H5N3O2/c8-3-4-1-2-5(9)10-6(4)7(11)12/h1-2H,(H2,9,10)(H,11,12). The van der Waals surface area contributed by atoms with Gasteiger partial charge in [-0.1, -0.05) is 0 Å². The number of carbonyl (C=O) groups is 1. The summed E-state index contributed by atoms with van der Waals surface area (Å²) in [4.78, 5) is 14.0. The molecule has 1 rings (SSSR count). The number of nitrogens with zero attached hydrogens (tertiary/aromatic N) is 2. The highest BCUT2D eigenvalue weighted by atomic mass is 16.4. The Morgan fingerprint density at radius 2 is 2.33 bits per heavy atom. The molecule has 1 heterocycles. The van der Waals surface area contributed by atoms with Crippen LogP contribution in [0.25, 0.3) is 0 Å². The van der Waals surface area contributed by atoms with E-state index in [1.54, 1.807) is 6.07 Å². The number of nitrogens with two attached hydrogens (primary N) is 1. The lowest BCUT2D eigenvalue weighted by atomic mass is 10.2. The Kier molecular flexibility index (Phi) is 1.92.